The van der Waals surface area contributed by atoms with Crippen molar-refractivity contribution < 1.29 is 31.0 Å². The Bertz CT molecular complexity index is 1390. The van der Waals surface area contributed by atoms with Gasteiger partial charge >= 0.3 is 0 Å². The lowest BCUT2D eigenvalue weighted by Gasteiger charge is -2.31. The van der Waals surface area contributed by atoms with Gasteiger partial charge in [0.2, 0.25) is 0 Å². The number of methoxy groups -OCH3 is 1. The average molecular weight is 589 g/mol. The van der Waals surface area contributed by atoms with Crippen molar-refractivity contribution in [3.8, 4) is 17.2 Å². The molecule has 11 heteroatoms. The summed E-state index contributed by atoms with van der Waals surface area (Å²) in [6.45, 7) is 11.9. The lowest BCUT2D eigenvalue weighted by atomic mass is 9.86. The molecular weight excluding hydrogens is 544 g/mol. The minimum Gasteiger partial charge on any atom is -0.492 e. The first-order valence-electron chi connectivity index (χ1n) is 13.4. The van der Waals surface area contributed by atoms with E-state index >= 15 is 0 Å². The van der Waals surface area contributed by atoms with Gasteiger partial charge in [0.05, 0.1) is 37.4 Å². The zero-order valence-corrected chi connectivity index (χ0v) is 25.3. The minimum absolute atomic E-state index is 0. The van der Waals surface area contributed by atoms with E-state index in [0.717, 1.165) is 43.1 Å². The van der Waals surface area contributed by atoms with E-state index in [0.29, 0.717) is 40.7 Å². The van der Waals surface area contributed by atoms with Crippen molar-refractivity contribution in [1.82, 2.24) is 9.88 Å². The maximum atomic E-state index is 13.5. The van der Waals surface area contributed by atoms with Crippen molar-refractivity contribution in [3.05, 3.63) is 71.0 Å². The van der Waals surface area contributed by atoms with Gasteiger partial charge in [-0.25, -0.2) is 0 Å². The number of benzene rings is 2. The number of amides is 1. The third-order valence-corrected chi connectivity index (χ3v) is 7.27. The van der Waals surface area contributed by atoms with Crippen molar-refractivity contribution in [2.24, 2.45) is 0 Å². The molecule has 0 aliphatic carbocycles. The molecule has 4 N–H and O–H groups in total. The first kappa shape index (κ1) is 30.6. The van der Waals surface area contributed by atoms with Crippen LogP contribution in [0.5, 0.6) is 17.2 Å². The Labute approximate surface area is 246 Å². The van der Waals surface area contributed by atoms with Crippen LogP contribution in [0.4, 0.5) is 11.4 Å². The molecular formula is C30H44N4O6S. The fraction of sp³-hybridized carbons (Fsp3) is 0.400. The number of anilines is 2. The molecule has 10 nitrogen and oxygen atoms in total. The molecule has 3 aromatic rings. The highest BCUT2D eigenvalue weighted by Crippen LogP contribution is 2.44. The number of nitrogens with zero attached hydrogens (tertiary/aromatic N) is 2. The van der Waals surface area contributed by atoms with Crippen LogP contribution in [-0.4, -0.2) is 64.6 Å². The standard InChI is InChI=1S/C30H40N4O6S.2H2/c1-20-7-8-21(15-27(20)40-24-9-10-31-23(18-24)19-34-11-13-39-14-12-34)29(35)32-25-16-22(30(2,3)4)17-26(28(25)38-5)33-41(6,36)37;;/h7-10,15-18,33,36-37H,11-14,19H2,1-6H3,(H,32,35);2*1H. The molecule has 1 aliphatic heterocycles. The SMILES string of the molecule is COc1c(NC(=O)c2ccc(C)c(Oc3ccnc(CN4CCOCC4)c3)c2)cc(C(C)(C)C)cc1NS(C)(O)O.[HH].[HH]. The predicted octanol–water partition coefficient (Wildman–Crippen LogP) is 6.77. The van der Waals surface area contributed by atoms with E-state index in [4.69, 9.17) is 14.2 Å². The molecule has 1 saturated heterocycles. The molecule has 0 unspecified atom stereocenters. The van der Waals surface area contributed by atoms with E-state index in [-0.39, 0.29) is 14.2 Å². The molecule has 0 atom stereocenters. The van der Waals surface area contributed by atoms with Crippen molar-refractivity contribution in [1.29, 1.82) is 0 Å². The average Bonchev–Trinajstić information content (AvgIpc) is 2.89. The number of carbonyl (C=O) groups excluding carboxylic acids is 1. The van der Waals surface area contributed by atoms with Crippen LogP contribution in [0.25, 0.3) is 0 Å². The highest BCUT2D eigenvalue weighted by molar-refractivity contribution is 8.24. The molecule has 1 aromatic heterocycles. The largest absolute Gasteiger partial charge is 0.492 e. The molecule has 4 rings (SSSR count). The van der Waals surface area contributed by atoms with Gasteiger partial charge in [-0.2, -0.15) is 0 Å². The summed E-state index contributed by atoms with van der Waals surface area (Å²) < 4.78 is 40.1. The monoisotopic (exact) mass is 588 g/mol. The van der Waals surface area contributed by atoms with Gasteiger partial charge in [-0.15, -0.1) is 10.8 Å². The van der Waals surface area contributed by atoms with Crippen LogP contribution in [0.15, 0.2) is 48.7 Å². The Morgan fingerprint density at radius 3 is 2.49 bits per heavy atom. The zero-order valence-electron chi connectivity index (χ0n) is 24.5. The zero-order chi connectivity index (χ0) is 29.8. The van der Waals surface area contributed by atoms with Crippen molar-refractivity contribution in [2.75, 3.05) is 49.7 Å². The maximum Gasteiger partial charge on any atom is 0.255 e. The second-order valence-corrected chi connectivity index (χ2v) is 13.1. The van der Waals surface area contributed by atoms with E-state index in [1.54, 1.807) is 30.5 Å². The Morgan fingerprint density at radius 2 is 1.83 bits per heavy atom. The Kier molecular flexibility index (Phi) is 9.45. The number of pyridine rings is 1. The Hall–Kier alpha value is -3.35. The van der Waals surface area contributed by atoms with Crippen LogP contribution >= 0.6 is 10.8 Å². The normalized spacial score (nSPS) is 14.8. The number of aromatic nitrogens is 1. The second-order valence-electron chi connectivity index (χ2n) is 11.2. The van der Waals surface area contributed by atoms with Crippen molar-refractivity contribution in [2.45, 2.75) is 39.7 Å². The summed E-state index contributed by atoms with van der Waals surface area (Å²) in [5.74, 6) is 1.12. The van der Waals surface area contributed by atoms with Crippen molar-refractivity contribution >= 4 is 28.1 Å². The highest BCUT2D eigenvalue weighted by atomic mass is 32.3. The van der Waals surface area contributed by atoms with Gasteiger partial charge in [0.1, 0.15) is 11.5 Å². The quantitative estimate of drug-likeness (QED) is 0.214. The third kappa shape index (κ3) is 8.34. The number of aryl methyl sites for hydroxylation is 1. The van der Waals surface area contributed by atoms with E-state index in [1.807, 2.05) is 45.9 Å². The summed E-state index contributed by atoms with van der Waals surface area (Å²) >= 11 is 0. The molecule has 0 radical (unpaired) electrons. The maximum absolute atomic E-state index is 13.5. The smallest absolute Gasteiger partial charge is 0.255 e. The second kappa shape index (κ2) is 12.7. The first-order chi connectivity index (χ1) is 19.3. The van der Waals surface area contributed by atoms with Gasteiger partial charge in [0, 0.05) is 46.6 Å². The van der Waals surface area contributed by atoms with Crippen LogP contribution in [0.1, 0.15) is 50.8 Å². The number of nitrogens with one attached hydrogen (secondary N) is 2. The Morgan fingerprint density at radius 1 is 1.12 bits per heavy atom. The van der Waals surface area contributed by atoms with Crippen LogP contribution in [0.3, 0.4) is 0 Å². The number of morpholine rings is 1. The highest BCUT2D eigenvalue weighted by Gasteiger charge is 2.23. The minimum atomic E-state index is -3.09. The topological polar surface area (TPSA) is 125 Å². The number of hydrogen-bond donors (Lipinski definition) is 4. The summed E-state index contributed by atoms with van der Waals surface area (Å²) in [7, 11) is -1.63. The Balaban J connectivity index is 0.00000323. The summed E-state index contributed by atoms with van der Waals surface area (Å²) in [4.78, 5) is 20.2. The van der Waals surface area contributed by atoms with Gasteiger partial charge < -0.3 is 19.5 Å². The fourth-order valence-electron chi connectivity index (χ4n) is 4.43. The lowest BCUT2D eigenvalue weighted by molar-refractivity contribution is 0.0336. The van der Waals surface area contributed by atoms with Crippen LogP contribution in [0.2, 0.25) is 0 Å². The molecule has 226 valence electrons. The molecule has 2 aromatic carbocycles. The third-order valence-electron chi connectivity index (χ3n) is 6.67. The number of ether oxygens (including phenoxy) is 3. The number of rotatable bonds is 9. The summed E-state index contributed by atoms with van der Waals surface area (Å²) in [6.07, 6.45) is 3.01. The van der Waals surface area contributed by atoms with E-state index in [9.17, 15) is 13.9 Å². The van der Waals surface area contributed by atoms with Gasteiger partial charge in [0.25, 0.3) is 5.91 Å². The van der Waals surface area contributed by atoms with Gasteiger partial charge in [-0.05, 0) is 53.8 Å². The van der Waals surface area contributed by atoms with Gasteiger partial charge in [-0.1, -0.05) is 26.8 Å². The van der Waals surface area contributed by atoms with E-state index in [2.05, 4.69) is 19.9 Å². The van der Waals surface area contributed by atoms with E-state index in [1.165, 1.54) is 13.4 Å². The van der Waals surface area contributed by atoms with E-state index < -0.39 is 10.8 Å². The van der Waals surface area contributed by atoms with Crippen LogP contribution in [-0.2, 0) is 16.7 Å². The van der Waals surface area contributed by atoms with Gasteiger partial charge in [0.15, 0.2) is 5.75 Å². The van der Waals surface area contributed by atoms with Crippen molar-refractivity contribution in [3.63, 3.8) is 0 Å². The first-order valence-corrected chi connectivity index (χ1v) is 15.4. The molecule has 0 saturated carbocycles. The molecule has 2 heterocycles. The fourth-order valence-corrected chi connectivity index (χ4v) is 4.99. The van der Waals surface area contributed by atoms with Gasteiger partial charge in [-0.3, -0.25) is 28.5 Å². The number of hydrogen-bond acceptors (Lipinski definition) is 9. The molecule has 0 spiro atoms. The number of carbonyl (C=O) groups is 1. The molecule has 41 heavy (non-hydrogen) atoms. The molecule has 1 amide bonds. The summed E-state index contributed by atoms with van der Waals surface area (Å²) in [5, 5.41) is 2.94. The molecule has 1 aliphatic rings. The molecule has 0 bridgehead atoms. The summed E-state index contributed by atoms with van der Waals surface area (Å²) in [5.41, 5.74) is 3.53. The molecule has 1 fully saturated rings. The summed E-state index contributed by atoms with van der Waals surface area (Å²) in [6, 6.07) is 12.6. The van der Waals surface area contributed by atoms with Crippen LogP contribution < -0.4 is 19.5 Å². The van der Waals surface area contributed by atoms with Crippen LogP contribution in [0, 0.1) is 6.92 Å². The predicted molar refractivity (Wildman–Crippen MR) is 168 cm³/mol. The lowest BCUT2D eigenvalue weighted by Crippen LogP contribution is -2.35.